The van der Waals surface area contributed by atoms with Gasteiger partial charge in [-0.1, -0.05) is 34.6 Å². The standard InChI is InChI=1S/C15H25N3O4S.C2H6/c1-8(19)12(15(2,3)4)18-14(22)10-6-16-5-9(10)13(21)17-7-11(20)23;1-2/h9-10,12,16H,5-7H2,1-4H3,(H,17,21)(H,18,22)(H,20,23);1-2H3. The summed E-state index contributed by atoms with van der Waals surface area (Å²) in [4.78, 5) is 47.2. The van der Waals surface area contributed by atoms with Crippen molar-refractivity contribution in [1.82, 2.24) is 16.0 Å². The SMILES string of the molecule is CC.CC(=O)C(NC(=O)C1CNCC1C(=O)NCC(=O)S)C(C)(C)C. The highest BCUT2D eigenvalue weighted by Crippen LogP contribution is 2.23. The summed E-state index contributed by atoms with van der Waals surface area (Å²) in [6, 6.07) is -0.613. The average Bonchev–Trinajstić information content (AvgIpc) is 3.00. The second kappa shape index (κ2) is 10.6. The number of carbonyl (C=O) groups excluding carboxylic acids is 4. The van der Waals surface area contributed by atoms with Gasteiger partial charge in [0.25, 0.3) is 0 Å². The van der Waals surface area contributed by atoms with Gasteiger partial charge in [-0.25, -0.2) is 0 Å². The van der Waals surface area contributed by atoms with Crippen LogP contribution >= 0.6 is 12.6 Å². The van der Waals surface area contributed by atoms with Gasteiger partial charge in [-0.2, -0.15) is 0 Å². The number of thiol groups is 1. The molecule has 0 aromatic rings. The molecule has 0 spiro atoms. The lowest BCUT2D eigenvalue weighted by Crippen LogP contribution is -2.52. The molecule has 0 saturated carbocycles. The van der Waals surface area contributed by atoms with Crippen molar-refractivity contribution >= 4 is 35.3 Å². The minimum Gasteiger partial charge on any atom is -0.348 e. The Labute approximate surface area is 155 Å². The molecule has 1 aliphatic rings. The summed E-state index contributed by atoms with van der Waals surface area (Å²) < 4.78 is 0. The topological polar surface area (TPSA) is 104 Å². The molecule has 1 rings (SSSR count). The highest BCUT2D eigenvalue weighted by atomic mass is 32.1. The first-order chi connectivity index (χ1) is 11.5. The Morgan fingerprint density at radius 1 is 1.08 bits per heavy atom. The molecular weight excluding hydrogens is 342 g/mol. The van der Waals surface area contributed by atoms with Gasteiger partial charge in [0.15, 0.2) is 5.78 Å². The zero-order valence-corrected chi connectivity index (χ0v) is 16.8. The monoisotopic (exact) mass is 373 g/mol. The number of amides is 2. The van der Waals surface area contributed by atoms with Crippen molar-refractivity contribution in [2.24, 2.45) is 17.3 Å². The maximum atomic E-state index is 12.5. The van der Waals surface area contributed by atoms with Crippen molar-refractivity contribution in [3.63, 3.8) is 0 Å². The lowest BCUT2D eigenvalue weighted by Gasteiger charge is -2.30. The molecule has 0 radical (unpaired) electrons. The number of hydrogen-bond acceptors (Lipinski definition) is 5. The second-order valence-corrected chi connectivity index (χ2v) is 7.40. The molecule has 3 N–H and O–H groups in total. The van der Waals surface area contributed by atoms with E-state index in [2.05, 4.69) is 28.6 Å². The predicted molar refractivity (Wildman–Crippen MR) is 100 cm³/mol. The van der Waals surface area contributed by atoms with Gasteiger partial charge in [-0.05, 0) is 12.3 Å². The summed E-state index contributed by atoms with van der Waals surface area (Å²) in [7, 11) is 0. The van der Waals surface area contributed by atoms with Crippen LogP contribution in [0.25, 0.3) is 0 Å². The number of Topliss-reactive ketones (excluding diaryl/α,β-unsaturated/α-hetero) is 1. The van der Waals surface area contributed by atoms with Gasteiger partial charge in [0.1, 0.15) is 0 Å². The van der Waals surface area contributed by atoms with Crippen LogP contribution in [0.4, 0.5) is 0 Å². The molecule has 1 aliphatic heterocycles. The van der Waals surface area contributed by atoms with E-state index in [1.807, 2.05) is 34.6 Å². The Morgan fingerprint density at radius 2 is 1.56 bits per heavy atom. The molecule has 0 aliphatic carbocycles. The first-order valence-corrected chi connectivity index (χ1v) is 8.99. The molecule has 144 valence electrons. The summed E-state index contributed by atoms with van der Waals surface area (Å²) >= 11 is 3.59. The van der Waals surface area contributed by atoms with Crippen molar-refractivity contribution in [2.75, 3.05) is 19.6 Å². The maximum Gasteiger partial charge on any atom is 0.225 e. The molecule has 8 heteroatoms. The molecule has 1 fully saturated rings. The fraction of sp³-hybridized carbons (Fsp3) is 0.765. The van der Waals surface area contributed by atoms with Gasteiger partial charge in [0.2, 0.25) is 16.9 Å². The number of carbonyl (C=O) groups is 4. The Morgan fingerprint density at radius 3 is 1.96 bits per heavy atom. The first kappa shape index (κ1) is 23.6. The van der Waals surface area contributed by atoms with Crippen molar-refractivity contribution in [2.45, 2.75) is 47.6 Å². The quantitative estimate of drug-likeness (QED) is 0.509. The molecule has 3 unspecified atom stereocenters. The number of rotatable bonds is 6. The average molecular weight is 374 g/mol. The zero-order valence-electron chi connectivity index (χ0n) is 15.9. The number of nitrogens with one attached hydrogen (secondary N) is 3. The van der Waals surface area contributed by atoms with Gasteiger partial charge >= 0.3 is 0 Å². The van der Waals surface area contributed by atoms with Gasteiger partial charge < -0.3 is 16.0 Å². The van der Waals surface area contributed by atoms with Crippen molar-refractivity contribution < 1.29 is 19.2 Å². The third kappa shape index (κ3) is 7.56. The highest BCUT2D eigenvalue weighted by Gasteiger charge is 2.40. The Balaban J connectivity index is 0.00000277. The van der Waals surface area contributed by atoms with E-state index < -0.39 is 28.4 Å². The van der Waals surface area contributed by atoms with E-state index in [1.165, 1.54) is 6.92 Å². The van der Waals surface area contributed by atoms with Crippen LogP contribution in [0.3, 0.4) is 0 Å². The fourth-order valence-corrected chi connectivity index (χ4v) is 2.78. The van der Waals surface area contributed by atoms with Crippen molar-refractivity contribution in [1.29, 1.82) is 0 Å². The summed E-state index contributed by atoms with van der Waals surface area (Å²) in [5.41, 5.74) is -0.413. The van der Waals surface area contributed by atoms with E-state index in [1.54, 1.807) is 0 Å². The molecule has 7 nitrogen and oxygen atoms in total. The normalized spacial score (nSPS) is 20.8. The molecule has 0 bridgehead atoms. The van der Waals surface area contributed by atoms with E-state index in [0.29, 0.717) is 13.1 Å². The van der Waals surface area contributed by atoms with Crippen molar-refractivity contribution in [3.05, 3.63) is 0 Å². The van der Waals surface area contributed by atoms with Gasteiger partial charge in [0, 0.05) is 13.1 Å². The number of hydrogen-bond donors (Lipinski definition) is 4. The van der Waals surface area contributed by atoms with E-state index in [4.69, 9.17) is 0 Å². The third-order valence-corrected chi connectivity index (χ3v) is 4.02. The third-order valence-electron chi connectivity index (χ3n) is 3.86. The van der Waals surface area contributed by atoms with E-state index >= 15 is 0 Å². The lowest BCUT2D eigenvalue weighted by molar-refractivity contribution is -0.135. The smallest absolute Gasteiger partial charge is 0.225 e. The molecule has 1 saturated heterocycles. The summed E-state index contributed by atoms with van der Waals surface area (Å²) in [5.74, 6) is -1.97. The molecule has 2 amide bonds. The molecule has 3 atom stereocenters. The Bertz CT molecular complexity index is 503. The van der Waals surface area contributed by atoms with Crippen LogP contribution in [0.15, 0.2) is 0 Å². The van der Waals surface area contributed by atoms with Crippen LogP contribution < -0.4 is 16.0 Å². The second-order valence-electron chi connectivity index (χ2n) is 6.90. The lowest BCUT2D eigenvalue weighted by atomic mass is 9.83. The summed E-state index contributed by atoms with van der Waals surface area (Å²) in [5, 5.41) is 7.77. The summed E-state index contributed by atoms with van der Waals surface area (Å²) in [6.07, 6.45) is 0. The minimum absolute atomic E-state index is 0.126. The van der Waals surface area contributed by atoms with E-state index in [0.717, 1.165) is 0 Å². The first-order valence-electron chi connectivity index (χ1n) is 8.55. The zero-order chi connectivity index (χ0) is 19.8. The number of ketones is 1. The Hall–Kier alpha value is -1.41. The van der Waals surface area contributed by atoms with E-state index in [-0.39, 0.29) is 24.1 Å². The van der Waals surface area contributed by atoms with Crippen LogP contribution in [0.1, 0.15) is 41.5 Å². The molecular formula is C17H31N3O4S. The van der Waals surface area contributed by atoms with Gasteiger partial charge in [0.05, 0.1) is 24.4 Å². The fourth-order valence-electron chi connectivity index (χ4n) is 2.70. The van der Waals surface area contributed by atoms with E-state index in [9.17, 15) is 19.2 Å². The van der Waals surface area contributed by atoms with Crippen LogP contribution in [-0.4, -0.2) is 48.4 Å². The van der Waals surface area contributed by atoms with Crippen LogP contribution in [0.5, 0.6) is 0 Å². The van der Waals surface area contributed by atoms with Gasteiger partial charge in [-0.3, -0.25) is 19.2 Å². The molecule has 25 heavy (non-hydrogen) atoms. The minimum atomic E-state index is -0.613. The highest BCUT2D eigenvalue weighted by molar-refractivity contribution is 7.96. The predicted octanol–water partition coefficient (Wildman–Crippen LogP) is 0.541. The molecule has 0 aromatic heterocycles. The Kier molecular flexibility index (Phi) is 9.96. The van der Waals surface area contributed by atoms with Gasteiger partial charge in [-0.15, -0.1) is 12.6 Å². The summed E-state index contributed by atoms with van der Waals surface area (Å²) in [6.45, 7) is 11.6. The molecule has 0 aromatic carbocycles. The van der Waals surface area contributed by atoms with Crippen LogP contribution in [0, 0.1) is 17.3 Å². The van der Waals surface area contributed by atoms with Crippen LogP contribution in [-0.2, 0) is 19.2 Å². The maximum absolute atomic E-state index is 12.5. The van der Waals surface area contributed by atoms with Crippen molar-refractivity contribution in [3.8, 4) is 0 Å². The largest absolute Gasteiger partial charge is 0.348 e. The van der Waals surface area contributed by atoms with Crippen LogP contribution in [0.2, 0.25) is 0 Å². The molecule has 1 heterocycles.